The van der Waals surface area contributed by atoms with Crippen LogP contribution in [-0.4, -0.2) is 29.1 Å². The third-order valence-electron chi connectivity index (χ3n) is 3.65. The first-order chi connectivity index (χ1) is 8.27. The Morgan fingerprint density at radius 2 is 2.29 bits per heavy atom. The number of H-pyrrole nitrogens is 1. The van der Waals surface area contributed by atoms with E-state index in [2.05, 4.69) is 22.5 Å². The van der Waals surface area contributed by atoms with E-state index < -0.39 is 11.9 Å². The van der Waals surface area contributed by atoms with Crippen molar-refractivity contribution in [1.29, 1.82) is 0 Å². The van der Waals surface area contributed by atoms with Crippen LogP contribution in [0.3, 0.4) is 0 Å². The van der Waals surface area contributed by atoms with Gasteiger partial charge in [0, 0.05) is 17.9 Å². The second kappa shape index (κ2) is 4.04. The van der Waals surface area contributed by atoms with E-state index in [9.17, 15) is 9.90 Å². The number of hydrogen-bond acceptors (Lipinski definition) is 2. The molecule has 3 rings (SSSR count). The minimum Gasteiger partial charge on any atom is -0.481 e. The lowest BCUT2D eigenvalue weighted by molar-refractivity contribution is -0.138. The predicted octanol–water partition coefficient (Wildman–Crippen LogP) is 1.29. The summed E-state index contributed by atoms with van der Waals surface area (Å²) >= 11 is 0. The van der Waals surface area contributed by atoms with E-state index in [-0.39, 0.29) is 0 Å². The van der Waals surface area contributed by atoms with Crippen LogP contribution >= 0.6 is 0 Å². The quantitative estimate of drug-likeness (QED) is 0.683. The van der Waals surface area contributed by atoms with Crippen molar-refractivity contribution in [3.63, 3.8) is 0 Å². The summed E-state index contributed by atoms with van der Waals surface area (Å²) in [5.74, 6) is -1.19. The molecule has 1 aliphatic carbocycles. The SMILES string of the molecule is O=C(O)C1CNCCc2c1[nH]c1c2C=CCC1. The van der Waals surface area contributed by atoms with Crippen LogP contribution in [0, 0.1) is 0 Å². The molecule has 0 radical (unpaired) electrons. The number of fused-ring (bicyclic) bond motifs is 3. The van der Waals surface area contributed by atoms with E-state index >= 15 is 0 Å². The summed E-state index contributed by atoms with van der Waals surface area (Å²) in [4.78, 5) is 14.7. The zero-order chi connectivity index (χ0) is 11.8. The van der Waals surface area contributed by atoms with E-state index in [0.29, 0.717) is 6.54 Å². The molecule has 1 unspecified atom stereocenters. The highest BCUT2D eigenvalue weighted by Crippen LogP contribution is 2.31. The summed E-state index contributed by atoms with van der Waals surface area (Å²) in [6.45, 7) is 1.38. The fraction of sp³-hybridized carbons (Fsp3) is 0.462. The van der Waals surface area contributed by atoms with E-state index in [1.165, 1.54) is 16.8 Å². The van der Waals surface area contributed by atoms with Gasteiger partial charge < -0.3 is 15.4 Å². The number of rotatable bonds is 1. The lowest BCUT2D eigenvalue weighted by Crippen LogP contribution is -2.25. The summed E-state index contributed by atoms with van der Waals surface area (Å²) in [6, 6.07) is 0. The number of carboxylic acid groups (broad SMARTS) is 1. The monoisotopic (exact) mass is 232 g/mol. The fourth-order valence-electron chi connectivity index (χ4n) is 2.80. The Morgan fingerprint density at radius 3 is 3.12 bits per heavy atom. The van der Waals surface area contributed by atoms with Crippen LogP contribution in [0.25, 0.3) is 6.08 Å². The standard InChI is InChI=1S/C13H16N2O2/c16-13(17)10-7-14-6-5-9-8-3-1-2-4-11(8)15-12(9)10/h1,3,10,14-15H,2,4-7H2,(H,16,17). The second-order valence-electron chi connectivity index (χ2n) is 4.70. The first kappa shape index (κ1) is 10.6. The maximum Gasteiger partial charge on any atom is 0.313 e. The van der Waals surface area contributed by atoms with Gasteiger partial charge in [-0.3, -0.25) is 4.79 Å². The van der Waals surface area contributed by atoms with Gasteiger partial charge in [0.25, 0.3) is 0 Å². The average molecular weight is 232 g/mol. The van der Waals surface area contributed by atoms with Gasteiger partial charge in [-0.25, -0.2) is 0 Å². The van der Waals surface area contributed by atoms with Crippen LogP contribution < -0.4 is 5.32 Å². The number of hydrogen-bond donors (Lipinski definition) is 3. The molecule has 0 aromatic carbocycles. The Bertz CT molecular complexity index is 488. The molecule has 0 bridgehead atoms. The van der Waals surface area contributed by atoms with Crippen LogP contribution in [0.5, 0.6) is 0 Å². The molecule has 0 fully saturated rings. The summed E-state index contributed by atoms with van der Waals surface area (Å²) in [5.41, 5.74) is 4.57. The molecule has 1 aromatic rings. The number of aromatic nitrogens is 1. The number of allylic oxidation sites excluding steroid dienone is 1. The Kier molecular flexibility index (Phi) is 2.52. The van der Waals surface area contributed by atoms with Gasteiger partial charge in [0.1, 0.15) is 5.92 Å². The third kappa shape index (κ3) is 1.69. The zero-order valence-electron chi connectivity index (χ0n) is 9.62. The summed E-state index contributed by atoms with van der Waals surface area (Å²) in [5, 5.41) is 12.5. The van der Waals surface area contributed by atoms with Gasteiger partial charge in [-0.15, -0.1) is 0 Å². The summed E-state index contributed by atoms with van der Waals surface area (Å²) < 4.78 is 0. The first-order valence-electron chi connectivity index (χ1n) is 6.11. The van der Waals surface area contributed by atoms with Gasteiger partial charge in [0.05, 0.1) is 0 Å². The molecule has 1 atom stereocenters. The largest absolute Gasteiger partial charge is 0.481 e. The van der Waals surface area contributed by atoms with Crippen LogP contribution in [-0.2, 0) is 17.6 Å². The lowest BCUT2D eigenvalue weighted by atomic mass is 9.96. The number of aliphatic carboxylic acids is 1. The molecule has 0 amide bonds. The number of aryl methyl sites for hydroxylation is 1. The van der Waals surface area contributed by atoms with Crippen molar-refractivity contribution in [3.8, 4) is 0 Å². The van der Waals surface area contributed by atoms with E-state index in [0.717, 1.165) is 31.5 Å². The second-order valence-corrected chi connectivity index (χ2v) is 4.70. The van der Waals surface area contributed by atoms with Gasteiger partial charge in [0.15, 0.2) is 0 Å². The molecule has 90 valence electrons. The molecular weight excluding hydrogens is 216 g/mol. The van der Waals surface area contributed by atoms with E-state index in [4.69, 9.17) is 0 Å². The van der Waals surface area contributed by atoms with Gasteiger partial charge in [0.2, 0.25) is 0 Å². The maximum absolute atomic E-state index is 11.3. The lowest BCUT2D eigenvalue weighted by Gasteiger charge is -2.09. The smallest absolute Gasteiger partial charge is 0.313 e. The van der Waals surface area contributed by atoms with Crippen molar-refractivity contribution in [2.75, 3.05) is 13.1 Å². The molecule has 2 aliphatic rings. The molecule has 1 aliphatic heterocycles. The van der Waals surface area contributed by atoms with Crippen molar-refractivity contribution >= 4 is 12.0 Å². The molecule has 3 N–H and O–H groups in total. The van der Waals surface area contributed by atoms with Crippen LogP contribution in [0.1, 0.15) is 34.9 Å². The van der Waals surface area contributed by atoms with Crippen molar-refractivity contribution in [1.82, 2.24) is 10.3 Å². The normalized spacial score (nSPS) is 22.7. The Hall–Kier alpha value is -1.55. The number of carboxylic acids is 1. The number of carbonyl (C=O) groups is 1. The molecule has 17 heavy (non-hydrogen) atoms. The molecule has 0 saturated heterocycles. The molecule has 4 heteroatoms. The van der Waals surface area contributed by atoms with Crippen molar-refractivity contribution in [3.05, 3.63) is 28.6 Å². The van der Waals surface area contributed by atoms with Gasteiger partial charge >= 0.3 is 5.97 Å². The predicted molar refractivity (Wildman–Crippen MR) is 65.1 cm³/mol. The fourth-order valence-corrected chi connectivity index (χ4v) is 2.80. The summed E-state index contributed by atoms with van der Waals surface area (Å²) in [7, 11) is 0. The highest BCUT2D eigenvalue weighted by atomic mass is 16.4. The highest BCUT2D eigenvalue weighted by Gasteiger charge is 2.29. The molecular formula is C13H16N2O2. The molecule has 4 nitrogen and oxygen atoms in total. The number of aromatic amines is 1. The Balaban J connectivity index is 2.12. The molecule has 2 heterocycles. The van der Waals surface area contributed by atoms with Crippen molar-refractivity contribution in [2.24, 2.45) is 0 Å². The minimum absolute atomic E-state index is 0.438. The van der Waals surface area contributed by atoms with Crippen LogP contribution in [0.2, 0.25) is 0 Å². The van der Waals surface area contributed by atoms with Crippen LogP contribution in [0.15, 0.2) is 6.08 Å². The zero-order valence-corrected chi connectivity index (χ0v) is 9.62. The maximum atomic E-state index is 11.3. The highest BCUT2D eigenvalue weighted by molar-refractivity contribution is 5.78. The Labute approximate surface area is 99.7 Å². The van der Waals surface area contributed by atoms with Gasteiger partial charge in [-0.1, -0.05) is 12.2 Å². The van der Waals surface area contributed by atoms with Crippen molar-refractivity contribution in [2.45, 2.75) is 25.2 Å². The van der Waals surface area contributed by atoms with Gasteiger partial charge in [-0.05, 0) is 36.9 Å². The summed E-state index contributed by atoms with van der Waals surface area (Å²) in [6.07, 6.45) is 7.26. The van der Waals surface area contributed by atoms with E-state index in [1.807, 2.05) is 0 Å². The van der Waals surface area contributed by atoms with Crippen molar-refractivity contribution < 1.29 is 9.90 Å². The topological polar surface area (TPSA) is 65.1 Å². The van der Waals surface area contributed by atoms with Crippen LogP contribution in [0.4, 0.5) is 0 Å². The average Bonchev–Trinajstić information content (AvgIpc) is 2.54. The first-order valence-corrected chi connectivity index (χ1v) is 6.11. The van der Waals surface area contributed by atoms with E-state index in [1.54, 1.807) is 0 Å². The minimum atomic E-state index is -0.747. The molecule has 0 spiro atoms. The third-order valence-corrected chi connectivity index (χ3v) is 3.65. The molecule has 0 saturated carbocycles. The van der Waals surface area contributed by atoms with Gasteiger partial charge in [-0.2, -0.15) is 0 Å². The Morgan fingerprint density at radius 1 is 1.41 bits per heavy atom. The molecule has 1 aromatic heterocycles. The number of nitrogens with one attached hydrogen (secondary N) is 2.